The van der Waals surface area contributed by atoms with Gasteiger partial charge in [-0.1, -0.05) is 0 Å². The van der Waals surface area contributed by atoms with Crippen LogP contribution in [0.2, 0.25) is 0 Å². The number of aliphatic hydroxyl groups is 1. The summed E-state index contributed by atoms with van der Waals surface area (Å²) in [6, 6.07) is 2.67. The second kappa shape index (κ2) is 5.98. The first kappa shape index (κ1) is 17.1. The molecular weight excluding hydrogens is 332 g/mol. The standard InChI is InChI=1S/C17H16O8/c1-6-11-13(16(22)9(25-6)5-10(18)19)14(20)7-3-4-8(24-2)15(21)12(7)17(11)23/h3-4,6,9,16,21-22H,5H2,1-2H3,(H,18,19)/t6-,9-,16+/m1/s1. The molecule has 2 aliphatic rings. The number of fused-ring (bicyclic) bond motifs is 1. The Hall–Kier alpha value is -2.71. The molecule has 0 aromatic heterocycles. The van der Waals surface area contributed by atoms with Gasteiger partial charge < -0.3 is 24.8 Å². The lowest BCUT2D eigenvalue weighted by molar-refractivity contribution is -0.144. The Morgan fingerprint density at radius 3 is 2.52 bits per heavy atom. The predicted molar refractivity (Wildman–Crippen MR) is 82.9 cm³/mol. The monoisotopic (exact) mass is 348 g/mol. The van der Waals surface area contributed by atoms with Crippen molar-refractivity contribution >= 4 is 17.5 Å². The summed E-state index contributed by atoms with van der Waals surface area (Å²) in [5.74, 6) is -2.91. The van der Waals surface area contributed by atoms with Crippen molar-refractivity contribution in [1.29, 1.82) is 0 Å². The number of aliphatic carboxylic acids is 1. The molecule has 0 saturated carbocycles. The van der Waals surface area contributed by atoms with Crippen LogP contribution in [0.15, 0.2) is 23.3 Å². The van der Waals surface area contributed by atoms with Crippen LogP contribution in [-0.4, -0.2) is 58.3 Å². The van der Waals surface area contributed by atoms with Gasteiger partial charge in [-0.25, -0.2) is 0 Å². The molecule has 8 nitrogen and oxygen atoms in total. The molecule has 25 heavy (non-hydrogen) atoms. The number of aliphatic hydroxyl groups excluding tert-OH is 1. The zero-order valence-electron chi connectivity index (χ0n) is 13.5. The maximum atomic E-state index is 12.8. The van der Waals surface area contributed by atoms with E-state index in [4.69, 9.17) is 14.6 Å². The molecule has 0 radical (unpaired) electrons. The first-order valence-corrected chi connectivity index (χ1v) is 7.56. The topological polar surface area (TPSA) is 130 Å². The molecular formula is C17H16O8. The summed E-state index contributed by atoms with van der Waals surface area (Å²) in [6.45, 7) is 1.49. The maximum Gasteiger partial charge on any atom is 0.306 e. The number of carboxylic acids is 1. The second-order valence-electron chi connectivity index (χ2n) is 5.88. The summed E-state index contributed by atoms with van der Waals surface area (Å²) < 4.78 is 10.4. The average molecular weight is 348 g/mol. The number of methoxy groups -OCH3 is 1. The van der Waals surface area contributed by atoms with Crippen molar-refractivity contribution in [2.75, 3.05) is 7.11 Å². The van der Waals surface area contributed by atoms with E-state index >= 15 is 0 Å². The molecule has 3 atom stereocenters. The van der Waals surface area contributed by atoms with Gasteiger partial charge in [0.15, 0.2) is 23.1 Å². The average Bonchev–Trinajstić information content (AvgIpc) is 2.54. The van der Waals surface area contributed by atoms with Gasteiger partial charge in [0.2, 0.25) is 0 Å². The van der Waals surface area contributed by atoms with Gasteiger partial charge in [0.05, 0.1) is 31.3 Å². The van der Waals surface area contributed by atoms with Crippen LogP contribution in [0.4, 0.5) is 0 Å². The quantitative estimate of drug-likeness (QED) is 0.728. The molecule has 0 bridgehead atoms. The van der Waals surface area contributed by atoms with Gasteiger partial charge in [-0.2, -0.15) is 0 Å². The number of ether oxygens (including phenoxy) is 2. The Kier molecular flexibility index (Phi) is 4.09. The van der Waals surface area contributed by atoms with Crippen LogP contribution in [0, 0.1) is 0 Å². The highest BCUT2D eigenvalue weighted by molar-refractivity contribution is 6.29. The zero-order valence-corrected chi connectivity index (χ0v) is 13.5. The van der Waals surface area contributed by atoms with Crippen molar-refractivity contribution in [3.63, 3.8) is 0 Å². The number of ketones is 2. The molecule has 0 fully saturated rings. The van der Waals surface area contributed by atoms with Gasteiger partial charge >= 0.3 is 5.97 Å². The van der Waals surface area contributed by atoms with E-state index in [1.807, 2.05) is 0 Å². The summed E-state index contributed by atoms with van der Waals surface area (Å²) in [6.07, 6.45) is -4.10. The van der Waals surface area contributed by atoms with Crippen molar-refractivity contribution in [2.45, 2.75) is 31.7 Å². The second-order valence-corrected chi connectivity index (χ2v) is 5.88. The van der Waals surface area contributed by atoms with Gasteiger partial charge in [-0.05, 0) is 19.1 Å². The maximum absolute atomic E-state index is 12.8. The fraction of sp³-hybridized carbons (Fsp3) is 0.353. The van der Waals surface area contributed by atoms with Gasteiger partial charge in [-0.15, -0.1) is 0 Å². The number of aromatic hydroxyl groups is 1. The number of phenolic OH excluding ortho intramolecular Hbond substituents is 1. The lowest BCUT2D eigenvalue weighted by Gasteiger charge is -2.37. The van der Waals surface area contributed by atoms with Crippen LogP contribution in [-0.2, 0) is 9.53 Å². The summed E-state index contributed by atoms with van der Waals surface area (Å²) in [5.41, 5.74) is -0.519. The lowest BCUT2D eigenvalue weighted by atomic mass is 9.76. The predicted octanol–water partition coefficient (Wildman–Crippen LogP) is 0.699. The smallest absolute Gasteiger partial charge is 0.306 e. The molecule has 0 amide bonds. The number of hydrogen-bond acceptors (Lipinski definition) is 7. The van der Waals surface area contributed by atoms with E-state index in [2.05, 4.69) is 0 Å². The molecule has 0 saturated heterocycles. The molecule has 0 spiro atoms. The molecule has 1 aliphatic heterocycles. The number of benzene rings is 1. The van der Waals surface area contributed by atoms with Crippen molar-refractivity contribution in [1.82, 2.24) is 0 Å². The molecule has 8 heteroatoms. The van der Waals surface area contributed by atoms with E-state index in [0.29, 0.717) is 0 Å². The van der Waals surface area contributed by atoms with Crippen LogP contribution in [0.3, 0.4) is 0 Å². The van der Waals surface area contributed by atoms with E-state index in [0.717, 1.165) is 0 Å². The van der Waals surface area contributed by atoms with E-state index < -0.39 is 48.0 Å². The van der Waals surface area contributed by atoms with Gasteiger partial charge in [0, 0.05) is 16.7 Å². The fourth-order valence-electron chi connectivity index (χ4n) is 3.30. The molecule has 3 rings (SSSR count). The van der Waals surface area contributed by atoms with Crippen molar-refractivity contribution < 1.29 is 39.2 Å². The van der Waals surface area contributed by atoms with E-state index in [-0.39, 0.29) is 28.0 Å². The number of rotatable bonds is 3. The Bertz CT molecular complexity index is 822. The molecule has 3 N–H and O–H groups in total. The number of carbonyl (C=O) groups is 3. The zero-order chi connectivity index (χ0) is 18.5. The van der Waals surface area contributed by atoms with E-state index in [9.17, 15) is 24.6 Å². The van der Waals surface area contributed by atoms with Crippen molar-refractivity contribution in [2.24, 2.45) is 0 Å². The summed E-state index contributed by atoms with van der Waals surface area (Å²) in [7, 11) is 1.31. The van der Waals surface area contributed by atoms with Crippen molar-refractivity contribution in [3.05, 3.63) is 34.4 Å². The third-order valence-corrected chi connectivity index (χ3v) is 4.42. The number of carbonyl (C=O) groups excluding carboxylic acids is 2. The molecule has 1 aromatic carbocycles. The third-order valence-electron chi connectivity index (χ3n) is 4.42. The number of Topliss-reactive ketones (excluding diaryl/α,β-unsaturated/α-hetero) is 2. The van der Waals surface area contributed by atoms with Gasteiger partial charge in [-0.3, -0.25) is 14.4 Å². The lowest BCUT2D eigenvalue weighted by Crippen LogP contribution is -2.47. The first-order valence-electron chi connectivity index (χ1n) is 7.56. The molecule has 1 aliphatic carbocycles. The Morgan fingerprint density at radius 2 is 1.92 bits per heavy atom. The first-order chi connectivity index (χ1) is 11.8. The fourth-order valence-corrected chi connectivity index (χ4v) is 3.30. The highest BCUT2D eigenvalue weighted by Crippen LogP contribution is 2.42. The van der Waals surface area contributed by atoms with Crippen molar-refractivity contribution in [3.8, 4) is 11.5 Å². The Morgan fingerprint density at radius 1 is 1.24 bits per heavy atom. The molecule has 132 valence electrons. The summed E-state index contributed by atoms with van der Waals surface area (Å²) in [5, 5.41) is 29.6. The van der Waals surface area contributed by atoms with Crippen LogP contribution in [0.5, 0.6) is 11.5 Å². The summed E-state index contributed by atoms with van der Waals surface area (Å²) >= 11 is 0. The Labute approximate surface area is 142 Å². The SMILES string of the molecule is COc1ccc2c(c1O)C(=O)C1=C(C2=O)[C@@H](O)[C@@H](CC(=O)O)O[C@@H]1C. The normalized spacial score (nSPS) is 25.5. The van der Waals surface area contributed by atoms with E-state index in [1.54, 1.807) is 0 Å². The van der Waals surface area contributed by atoms with Crippen LogP contribution in [0.1, 0.15) is 34.1 Å². The molecule has 0 unspecified atom stereocenters. The third kappa shape index (κ3) is 2.50. The minimum absolute atomic E-state index is 0.0395. The molecule has 1 heterocycles. The number of hydrogen-bond donors (Lipinski definition) is 3. The molecule has 1 aromatic rings. The van der Waals surface area contributed by atoms with Crippen LogP contribution < -0.4 is 4.74 Å². The highest BCUT2D eigenvalue weighted by Gasteiger charge is 2.46. The number of phenols is 1. The van der Waals surface area contributed by atoms with Gasteiger partial charge in [0.25, 0.3) is 0 Å². The minimum atomic E-state index is -1.55. The summed E-state index contributed by atoms with van der Waals surface area (Å²) in [4.78, 5) is 36.6. The van der Waals surface area contributed by atoms with E-state index in [1.165, 1.54) is 26.2 Å². The van der Waals surface area contributed by atoms with Crippen LogP contribution >= 0.6 is 0 Å². The minimum Gasteiger partial charge on any atom is -0.504 e. The van der Waals surface area contributed by atoms with Crippen LogP contribution in [0.25, 0.3) is 0 Å². The Balaban J connectivity index is 2.16. The van der Waals surface area contributed by atoms with Gasteiger partial charge in [0.1, 0.15) is 6.10 Å². The highest BCUT2D eigenvalue weighted by atomic mass is 16.5. The number of carboxylic acid groups (broad SMARTS) is 1. The largest absolute Gasteiger partial charge is 0.504 e.